The van der Waals surface area contributed by atoms with Crippen molar-refractivity contribution < 1.29 is 9.53 Å². The molecule has 0 aliphatic heterocycles. The number of amides is 1. The topological polar surface area (TPSA) is 38.3 Å². The third kappa shape index (κ3) is 2.88. The molecule has 20 heavy (non-hydrogen) atoms. The summed E-state index contributed by atoms with van der Waals surface area (Å²) in [6, 6.07) is 7.87. The minimum Gasteiger partial charge on any atom is -0.380 e. The van der Waals surface area contributed by atoms with E-state index >= 15 is 0 Å². The molecule has 0 heterocycles. The van der Waals surface area contributed by atoms with E-state index in [9.17, 15) is 4.79 Å². The molecule has 3 atom stereocenters. The van der Waals surface area contributed by atoms with Crippen molar-refractivity contribution in [1.82, 2.24) is 0 Å². The van der Waals surface area contributed by atoms with Crippen LogP contribution in [0.5, 0.6) is 0 Å². The maximum Gasteiger partial charge on any atom is 0.224 e. The molecule has 3 rings (SSSR count). The maximum absolute atomic E-state index is 12.2. The van der Waals surface area contributed by atoms with Crippen molar-refractivity contribution in [3.8, 4) is 0 Å². The number of carbonyl (C=O) groups excluding carboxylic acids is 1. The van der Waals surface area contributed by atoms with Crippen LogP contribution < -0.4 is 5.32 Å². The Hall–Kier alpha value is -1.35. The summed E-state index contributed by atoms with van der Waals surface area (Å²) in [6.07, 6.45) is 6.03. The van der Waals surface area contributed by atoms with Crippen molar-refractivity contribution in [2.75, 3.05) is 12.4 Å². The number of hydrogen-bond acceptors (Lipinski definition) is 2. The van der Waals surface area contributed by atoms with Crippen LogP contribution in [0.3, 0.4) is 0 Å². The zero-order chi connectivity index (χ0) is 13.9. The Morgan fingerprint density at radius 1 is 1.30 bits per heavy atom. The minimum absolute atomic E-state index is 0.158. The van der Waals surface area contributed by atoms with Crippen LogP contribution in [0.4, 0.5) is 5.69 Å². The minimum atomic E-state index is 0.158. The van der Waals surface area contributed by atoms with E-state index in [1.807, 2.05) is 24.3 Å². The van der Waals surface area contributed by atoms with Crippen molar-refractivity contribution >= 4 is 11.6 Å². The molecule has 3 nitrogen and oxygen atoms in total. The van der Waals surface area contributed by atoms with Crippen molar-refractivity contribution in [3.63, 3.8) is 0 Å². The SMILES string of the molecule is COCc1ccccc1NC(=O)CC1CC2CCC1C2. The molecule has 1 aromatic carbocycles. The summed E-state index contributed by atoms with van der Waals surface area (Å²) in [5, 5.41) is 3.06. The van der Waals surface area contributed by atoms with E-state index < -0.39 is 0 Å². The van der Waals surface area contributed by atoms with E-state index in [4.69, 9.17) is 4.74 Å². The molecule has 2 aliphatic rings. The van der Waals surface area contributed by atoms with Crippen LogP contribution in [-0.2, 0) is 16.1 Å². The summed E-state index contributed by atoms with van der Waals surface area (Å²) in [6.45, 7) is 0.532. The average molecular weight is 273 g/mol. The number of hydrogen-bond donors (Lipinski definition) is 1. The molecule has 3 heteroatoms. The van der Waals surface area contributed by atoms with Crippen LogP contribution >= 0.6 is 0 Å². The van der Waals surface area contributed by atoms with E-state index in [1.165, 1.54) is 25.7 Å². The number of ether oxygens (including phenoxy) is 1. The zero-order valence-electron chi connectivity index (χ0n) is 12.1. The van der Waals surface area contributed by atoms with Gasteiger partial charge in [0.05, 0.1) is 6.61 Å². The molecule has 2 bridgehead atoms. The van der Waals surface area contributed by atoms with Crippen molar-refractivity contribution in [1.29, 1.82) is 0 Å². The zero-order valence-corrected chi connectivity index (χ0v) is 12.1. The first kappa shape index (κ1) is 13.6. The first-order chi connectivity index (χ1) is 9.76. The molecule has 1 amide bonds. The summed E-state index contributed by atoms with van der Waals surface area (Å²) in [4.78, 5) is 12.2. The Kier molecular flexibility index (Phi) is 4.06. The van der Waals surface area contributed by atoms with E-state index in [1.54, 1.807) is 7.11 Å². The molecular weight excluding hydrogens is 250 g/mol. The highest BCUT2D eigenvalue weighted by atomic mass is 16.5. The third-order valence-corrected chi connectivity index (χ3v) is 4.92. The summed E-state index contributed by atoms with van der Waals surface area (Å²) >= 11 is 0. The fourth-order valence-corrected chi connectivity index (χ4v) is 3.99. The number of benzene rings is 1. The Labute approximate surface area is 120 Å². The second-order valence-electron chi connectivity index (χ2n) is 6.28. The Morgan fingerprint density at radius 2 is 2.15 bits per heavy atom. The Morgan fingerprint density at radius 3 is 2.85 bits per heavy atom. The second kappa shape index (κ2) is 5.96. The molecule has 2 fully saturated rings. The highest BCUT2D eigenvalue weighted by Gasteiger charge is 2.40. The van der Waals surface area contributed by atoms with Gasteiger partial charge in [0.25, 0.3) is 0 Å². The number of methoxy groups -OCH3 is 1. The number of anilines is 1. The fourth-order valence-electron chi connectivity index (χ4n) is 3.99. The lowest BCUT2D eigenvalue weighted by Gasteiger charge is -2.21. The monoisotopic (exact) mass is 273 g/mol. The van der Waals surface area contributed by atoms with Gasteiger partial charge in [0, 0.05) is 24.8 Å². The van der Waals surface area contributed by atoms with Crippen LogP contribution in [0.2, 0.25) is 0 Å². The first-order valence-electron chi connectivity index (χ1n) is 7.63. The summed E-state index contributed by atoms with van der Waals surface area (Å²) < 4.78 is 5.17. The molecule has 1 N–H and O–H groups in total. The predicted octanol–water partition coefficient (Wildman–Crippen LogP) is 3.60. The van der Waals surface area contributed by atoms with E-state index in [-0.39, 0.29) is 5.91 Å². The summed E-state index contributed by atoms with van der Waals surface area (Å²) in [5.41, 5.74) is 1.93. The largest absolute Gasteiger partial charge is 0.380 e. The lowest BCUT2D eigenvalue weighted by Crippen LogP contribution is -2.20. The second-order valence-corrected chi connectivity index (χ2v) is 6.28. The summed E-state index contributed by atoms with van der Waals surface area (Å²) in [7, 11) is 1.67. The van der Waals surface area contributed by atoms with Gasteiger partial charge in [0.2, 0.25) is 5.91 Å². The normalized spacial score (nSPS) is 27.8. The van der Waals surface area contributed by atoms with Crippen LogP contribution in [0, 0.1) is 17.8 Å². The number of nitrogens with one attached hydrogen (secondary N) is 1. The van der Waals surface area contributed by atoms with Gasteiger partial charge in [-0.05, 0) is 43.1 Å². The smallest absolute Gasteiger partial charge is 0.224 e. The van der Waals surface area contributed by atoms with Crippen LogP contribution in [-0.4, -0.2) is 13.0 Å². The lowest BCUT2D eigenvalue weighted by atomic mass is 9.86. The fraction of sp³-hybridized carbons (Fsp3) is 0.588. The van der Waals surface area contributed by atoms with E-state index in [0.29, 0.717) is 18.9 Å². The molecule has 3 unspecified atom stereocenters. The number of carbonyl (C=O) groups is 1. The van der Waals surface area contributed by atoms with Gasteiger partial charge in [-0.3, -0.25) is 4.79 Å². The molecule has 0 spiro atoms. The van der Waals surface area contributed by atoms with Gasteiger partial charge in [0.1, 0.15) is 0 Å². The highest BCUT2D eigenvalue weighted by molar-refractivity contribution is 5.91. The molecule has 108 valence electrons. The molecule has 0 radical (unpaired) electrons. The predicted molar refractivity (Wildman–Crippen MR) is 79.3 cm³/mol. The van der Waals surface area contributed by atoms with Gasteiger partial charge < -0.3 is 10.1 Å². The average Bonchev–Trinajstić information content (AvgIpc) is 3.03. The maximum atomic E-state index is 12.2. The Balaban J connectivity index is 1.59. The Bertz CT molecular complexity index is 486. The highest BCUT2D eigenvalue weighted by Crippen LogP contribution is 2.49. The quantitative estimate of drug-likeness (QED) is 0.890. The van der Waals surface area contributed by atoms with Crippen LogP contribution in [0.15, 0.2) is 24.3 Å². The summed E-state index contributed by atoms with van der Waals surface area (Å²) in [5.74, 6) is 2.48. The van der Waals surface area contributed by atoms with Gasteiger partial charge in [0.15, 0.2) is 0 Å². The van der Waals surface area contributed by atoms with Crippen molar-refractivity contribution in [2.45, 2.75) is 38.7 Å². The molecule has 1 aromatic rings. The molecule has 2 saturated carbocycles. The van der Waals surface area contributed by atoms with Crippen molar-refractivity contribution in [2.24, 2.45) is 17.8 Å². The van der Waals surface area contributed by atoms with Crippen molar-refractivity contribution in [3.05, 3.63) is 29.8 Å². The van der Waals surface area contributed by atoms with Gasteiger partial charge >= 0.3 is 0 Å². The number of para-hydroxylation sites is 1. The van der Waals surface area contributed by atoms with Crippen LogP contribution in [0.1, 0.15) is 37.7 Å². The van der Waals surface area contributed by atoms with Gasteiger partial charge in [-0.15, -0.1) is 0 Å². The van der Waals surface area contributed by atoms with Gasteiger partial charge in [-0.1, -0.05) is 24.6 Å². The third-order valence-electron chi connectivity index (χ3n) is 4.92. The van der Waals surface area contributed by atoms with Gasteiger partial charge in [-0.2, -0.15) is 0 Å². The van der Waals surface area contributed by atoms with E-state index in [2.05, 4.69) is 5.32 Å². The standard InChI is InChI=1S/C17H23NO2/c1-20-11-14-4-2-3-5-16(14)18-17(19)10-15-9-12-6-7-13(15)8-12/h2-5,12-13,15H,6-11H2,1H3,(H,18,19). The number of rotatable bonds is 5. The molecule has 2 aliphatic carbocycles. The van der Waals surface area contributed by atoms with E-state index in [0.717, 1.165) is 23.1 Å². The molecule has 0 aromatic heterocycles. The molecule has 0 saturated heterocycles. The number of fused-ring (bicyclic) bond motifs is 2. The van der Waals surface area contributed by atoms with Crippen LogP contribution in [0.25, 0.3) is 0 Å². The lowest BCUT2D eigenvalue weighted by molar-refractivity contribution is -0.117. The molecular formula is C17H23NO2. The first-order valence-corrected chi connectivity index (χ1v) is 7.63. The van der Waals surface area contributed by atoms with Gasteiger partial charge in [-0.25, -0.2) is 0 Å².